The van der Waals surface area contributed by atoms with E-state index in [0.29, 0.717) is 23.8 Å². The molecule has 0 aliphatic carbocycles. The molecule has 118 valence electrons. The van der Waals surface area contributed by atoms with E-state index in [4.69, 9.17) is 9.47 Å². The fraction of sp³-hybridized carbons (Fsp3) is 0.188. The van der Waals surface area contributed by atoms with Gasteiger partial charge in [-0.25, -0.2) is 9.50 Å². The van der Waals surface area contributed by atoms with Crippen LogP contribution < -0.4 is 14.8 Å². The Bertz CT molecular complexity index is 827. The van der Waals surface area contributed by atoms with Gasteiger partial charge < -0.3 is 14.8 Å². The number of fused-ring (bicyclic) bond motifs is 1. The third-order valence-corrected chi connectivity index (χ3v) is 3.17. The molecule has 3 aromatic rings. The largest absolute Gasteiger partial charge is 0.497 e. The van der Waals surface area contributed by atoms with E-state index < -0.39 is 0 Å². The molecule has 0 bridgehead atoms. The Balaban J connectivity index is 1.79. The van der Waals surface area contributed by atoms with Crippen molar-refractivity contribution in [2.45, 2.75) is 6.92 Å². The van der Waals surface area contributed by atoms with E-state index in [9.17, 15) is 4.79 Å². The van der Waals surface area contributed by atoms with Crippen LogP contribution in [0.5, 0.6) is 11.6 Å². The average Bonchev–Trinajstić information content (AvgIpc) is 2.99. The van der Waals surface area contributed by atoms with E-state index in [1.165, 1.54) is 4.52 Å². The van der Waals surface area contributed by atoms with Crippen molar-refractivity contribution in [3.63, 3.8) is 0 Å². The van der Waals surface area contributed by atoms with Crippen molar-refractivity contribution < 1.29 is 14.3 Å². The molecule has 0 spiro atoms. The van der Waals surface area contributed by atoms with Crippen molar-refractivity contribution in [1.29, 1.82) is 0 Å². The predicted octanol–water partition coefficient (Wildman–Crippen LogP) is 2.39. The first-order valence-corrected chi connectivity index (χ1v) is 7.14. The van der Waals surface area contributed by atoms with Gasteiger partial charge in [-0.15, -0.1) is 5.10 Å². The lowest BCUT2D eigenvalue weighted by Gasteiger charge is -2.04. The monoisotopic (exact) mass is 312 g/mol. The molecule has 7 nitrogen and oxygen atoms in total. The van der Waals surface area contributed by atoms with Crippen LogP contribution >= 0.6 is 0 Å². The van der Waals surface area contributed by atoms with Gasteiger partial charge in [-0.2, -0.15) is 0 Å². The van der Waals surface area contributed by atoms with Crippen molar-refractivity contribution in [3.05, 3.63) is 48.3 Å². The molecule has 0 fully saturated rings. The Morgan fingerprint density at radius 3 is 2.70 bits per heavy atom. The van der Waals surface area contributed by atoms with Crippen LogP contribution in [0.2, 0.25) is 0 Å². The highest BCUT2D eigenvalue weighted by Crippen LogP contribution is 2.16. The number of imidazole rings is 1. The Morgan fingerprint density at radius 2 is 2.00 bits per heavy atom. The lowest BCUT2D eigenvalue weighted by Crippen LogP contribution is -2.12. The van der Waals surface area contributed by atoms with Crippen LogP contribution in [0.25, 0.3) is 5.65 Å². The van der Waals surface area contributed by atoms with Crippen LogP contribution in [-0.2, 0) is 0 Å². The number of amides is 1. The summed E-state index contributed by atoms with van der Waals surface area (Å²) < 4.78 is 11.9. The summed E-state index contributed by atoms with van der Waals surface area (Å²) in [6.45, 7) is 2.41. The van der Waals surface area contributed by atoms with Gasteiger partial charge in [-0.1, -0.05) is 0 Å². The van der Waals surface area contributed by atoms with Gasteiger partial charge in [0.1, 0.15) is 11.4 Å². The molecule has 3 rings (SSSR count). The maximum Gasteiger partial charge on any atom is 0.275 e. The summed E-state index contributed by atoms with van der Waals surface area (Å²) in [5.74, 6) is 0.904. The summed E-state index contributed by atoms with van der Waals surface area (Å²) in [5.41, 5.74) is 1.52. The van der Waals surface area contributed by atoms with Crippen molar-refractivity contribution in [2.75, 3.05) is 19.0 Å². The number of ether oxygens (including phenoxy) is 2. The Morgan fingerprint density at radius 1 is 1.22 bits per heavy atom. The number of anilines is 1. The van der Waals surface area contributed by atoms with Crippen molar-refractivity contribution in [1.82, 2.24) is 14.6 Å². The topological polar surface area (TPSA) is 77.8 Å². The molecule has 0 saturated heterocycles. The lowest BCUT2D eigenvalue weighted by atomic mass is 10.3. The number of hydrogen-bond acceptors (Lipinski definition) is 5. The number of aromatic nitrogens is 3. The van der Waals surface area contributed by atoms with Crippen molar-refractivity contribution in [3.8, 4) is 11.6 Å². The SMILES string of the molecule is CCOc1ccc2nc(C(=O)Nc3ccc(OC)cc3)cn2n1. The molecule has 7 heteroatoms. The standard InChI is InChI=1S/C16H16N4O3/c1-3-23-15-9-8-14-18-13(10-20(14)19-15)16(21)17-11-4-6-12(22-2)7-5-11/h4-10H,3H2,1-2H3,(H,17,21). The molecular weight excluding hydrogens is 296 g/mol. The van der Waals surface area contributed by atoms with Crippen LogP contribution in [0.3, 0.4) is 0 Å². The molecule has 1 aromatic carbocycles. The molecule has 0 saturated carbocycles. The number of benzene rings is 1. The quantitative estimate of drug-likeness (QED) is 0.782. The lowest BCUT2D eigenvalue weighted by molar-refractivity contribution is 0.102. The van der Waals surface area contributed by atoms with Gasteiger partial charge in [0, 0.05) is 11.8 Å². The van der Waals surface area contributed by atoms with Gasteiger partial charge in [0.2, 0.25) is 5.88 Å². The molecule has 0 atom stereocenters. The maximum absolute atomic E-state index is 12.3. The van der Waals surface area contributed by atoms with E-state index in [1.54, 1.807) is 49.7 Å². The summed E-state index contributed by atoms with van der Waals surface area (Å²) in [6, 6.07) is 10.5. The van der Waals surface area contributed by atoms with Crippen LogP contribution in [0, 0.1) is 0 Å². The normalized spacial score (nSPS) is 10.5. The van der Waals surface area contributed by atoms with Gasteiger partial charge in [-0.05, 0) is 37.3 Å². The molecule has 23 heavy (non-hydrogen) atoms. The molecule has 2 heterocycles. The second kappa shape index (κ2) is 6.35. The number of carbonyl (C=O) groups excluding carboxylic acids is 1. The van der Waals surface area contributed by atoms with Gasteiger partial charge in [0.15, 0.2) is 5.65 Å². The van der Waals surface area contributed by atoms with Crippen LogP contribution in [0.1, 0.15) is 17.4 Å². The fourth-order valence-corrected chi connectivity index (χ4v) is 2.07. The Kier molecular flexibility index (Phi) is 4.09. The van der Waals surface area contributed by atoms with Gasteiger partial charge >= 0.3 is 0 Å². The number of hydrogen-bond donors (Lipinski definition) is 1. The van der Waals surface area contributed by atoms with Crippen molar-refractivity contribution in [2.24, 2.45) is 0 Å². The molecule has 1 N–H and O–H groups in total. The third-order valence-electron chi connectivity index (χ3n) is 3.17. The Labute approximate surface area is 132 Å². The molecule has 0 unspecified atom stereocenters. The second-order valence-electron chi connectivity index (χ2n) is 4.72. The number of nitrogens with zero attached hydrogens (tertiary/aromatic N) is 3. The molecule has 0 aliphatic rings. The summed E-state index contributed by atoms with van der Waals surface area (Å²) >= 11 is 0. The smallest absolute Gasteiger partial charge is 0.275 e. The second-order valence-corrected chi connectivity index (χ2v) is 4.72. The average molecular weight is 312 g/mol. The summed E-state index contributed by atoms with van der Waals surface area (Å²) in [4.78, 5) is 16.5. The molecule has 1 amide bonds. The molecule has 0 aliphatic heterocycles. The third kappa shape index (κ3) is 3.23. The van der Waals surface area contributed by atoms with Crippen molar-refractivity contribution >= 4 is 17.2 Å². The fourth-order valence-electron chi connectivity index (χ4n) is 2.07. The van der Waals surface area contributed by atoms with E-state index in [0.717, 1.165) is 5.75 Å². The highest BCUT2D eigenvalue weighted by molar-refractivity contribution is 6.03. The minimum absolute atomic E-state index is 0.280. The van der Waals surface area contributed by atoms with Gasteiger partial charge in [0.05, 0.1) is 19.9 Å². The maximum atomic E-state index is 12.3. The summed E-state index contributed by atoms with van der Waals surface area (Å²) in [7, 11) is 1.59. The van der Waals surface area contributed by atoms with Crippen LogP contribution in [-0.4, -0.2) is 34.2 Å². The first kappa shape index (κ1) is 14.8. The summed E-state index contributed by atoms with van der Waals surface area (Å²) in [6.07, 6.45) is 1.57. The molecule has 0 radical (unpaired) electrons. The van der Waals surface area contributed by atoms with E-state index in [2.05, 4.69) is 15.4 Å². The number of nitrogens with one attached hydrogen (secondary N) is 1. The number of rotatable bonds is 5. The van der Waals surface area contributed by atoms with Crippen LogP contribution in [0.4, 0.5) is 5.69 Å². The number of carbonyl (C=O) groups is 1. The molecular formula is C16H16N4O3. The minimum Gasteiger partial charge on any atom is -0.497 e. The van der Waals surface area contributed by atoms with Gasteiger partial charge in [-0.3, -0.25) is 4.79 Å². The first-order chi connectivity index (χ1) is 11.2. The number of methoxy groups -OCH3 is 1. The van der Waals surface area contributed by atoms with E-state index >= 15 is 0 Å². The minimum atomic E-state index is -0.307. The highest BCUT2D eigenvalue weighted by atomic mass is 16.5. The van der Waals surface area contributed by atoms with Crippen LogP contribution in [0.15, 0.2) is 42.6 Å². The zero-order chi connectivity index (χ0) is 16.2. The summed E-state index contributed by atoms with van der Waals surface area (Å²) in [5, 5.41) is 7.01. The molecule has 2 aromatic heterocycles. The predicted molar refractivity (Wildman–Crippen MR) is 85.1 cm³/mol. The van der Waals surface area contributed by atoms with E-state index in [1.807, 2.05) is 6.92 Å². The highest BCUT2D eigenvalue weighted by Gasteiger charge is 2.12. The Hall–Kier alpha value is -3.09. The van der Waals surface area contributed by atoms with E-state index in [-0.39, 0.29) is 11.6 Å². The first-order valence-electron chi connectivity index (χ1n) is 7.14. The van der Waals surface area contributed by atoms with Gasteiger partial charge in [0.25, 0.3) is 5.91 Å². The zero-order valence-electron chi connectivity index (χ0n) is 12.8. The zero-order valence-corrected chi connectivity index (χ0v) is 12.8.